The zero-order valence-corrected chi connectivity index (χ0v) is 12.6. The third-order valence-corrected chi connectivity index (χ3v) is 4.41. The van der Waals surface area contributed by atoms with E-state index < -0.39 is 0 Å². The molecular formula is C16H17BN4O. The second-order valence-corrected chi connectivity index (χ2v) is 5.83. The number of fused-ring (bicyclic) bond motifs is 3. The van der Waals surface area contributed by atoms with E-state index in [1.165, 1.54) is 5.46 Å². The molecule has 0 spiro atoms. The van der Waals surface area contributed by atoms with Crippen molar-refractivity contribution >= 4 is 40.6 Å². The fourth-order valence-electron chi connectivity index (χ4n) is 3.11. The van der Waals surface area contributed by atoms with Gasteiger partial charge in [0.15, 0.2) is 7.28 Å². The van der Waals surface area contributed by atoms with Crippen molar-refractivity contribution in [1.82, 2.24) is 19.9 Å². The van der Waals surface area contributed by atoms with Crippen molar-refractivity contribution in [2.45, 2.75) is 19.7 Å². The Kier molecular flexibility index (Phi) is 3.10. The van der Waals surface area contributed by atoms with E-state index in [9.17, 15) is 4.79 Å². The SMILES string of the molecule is CBc1cnc2[nH]c3cnc(C(=O)N4CCCC4)cc3c2c1. The average Bonchev–Trinajstić information content (AvgIpc) is 3.20. The first-order chi connectivity index (χ1) is 10.8. The van der Waals surface area contributed by atoms with Gasteiger partial charge in [0.1, 0.15) is 11.3 Å². The number of nitrogens with zero attached hydrogens (tertiary/aromatic N) is 3. The fourth-order valence-corrected chi connectivity index (χ4v) is 3.11. The van der Waals surface area contributed by atoms with E-state index in [4.69, 9.17) is 0 Å². The number of nitrogens with one attached hydrogen (secondary N) is 1. The van der Waals surface area contributed by atoms with E-state index in [0.29, 0.717) is 5.69 Å². The van der Waals surface area contributed by atoms with Gasteiger partial charge in [-0.2, -0.15) is 0 Å². The number of carbonyl (C=O) groups excluding carboxylic acids is 1. The van der Waals surface area contributed by atoms with Gasteiger partial charge in [-0.15, -0.1) is 0 Å². The Morgan fingerprint density at radius 1 is 1.18 bits per heavy atom. The third-order valence-electron chi connectivity index (χ3n) is 4.41. The minimum absolute atomic E-state index is 0.0355. The summed E-state index contributed by atoms with van der Waals surface area (Å²) in [6.07, 6.45) is 5.81. The molecule has 0 aromatic carbocycles. The number of pyridine rings is 2. The van der Waals surface area contributed by atoms with Crippen molar-refractivity contribution in [3.05, 3.63) is 30.2 Å². The number of aromatic amines is 1. The molecule has 0 aliphatic carbocycles. The van der Waals surface area contributed by atoms with Gasteiger partial charge in [-0.05, 0) is 18.9 Å². The largest absolute Gasteiger partial charge is 0.338 e. The van der Waals surface area contributed by atoms with E-state index >= 15 is 0 Å². The predicted octanol–water partition coefficient (Wildman–Crippen LogP) is 1.46. The Morgan fingerprint density at radius 2 is 2.00 bits per heavy atom. The Balaban J connectivity index is 1.84. The molecule has 1 aliphatic heterocycles. The Morgan fingerprint density at radius 3 is 2.77 bits per heavy atom. The number of aromatic nitrogens is 3. The quantitative estimate of drug-likeness (QED) is 0.727. The summed E-state index contributed by atoms with van der Waals surface area (Å²) >= 11 is 0. The molecule has 5 nitrogen and oxygen atoms in total. The second-order valence-electron chi connectivity index (χ2n) is 5.83. The van der Waals surface area contributed by atoms with Crippen LogP contribution in [-0.2, 0) is 0 Å². The average molecular weight is 292 g/mol. The number of rotatable bonds is 2. The number of carbonyl (C=O) groups is 1. The maximum Gasteiger partial charge on any atom is 0.272 e. The normalized spacial score (nSPS) is 14.9. The zero-order chi connectivity index (χ0) is 15.1. The summed E-state index contributed by atoms with van der Waals surface area (Å²) < 4.78 is 0. The van der Waals surface area contributed by atoms with Gasteiger partial charge in [0.05, 0.1) is 11.7 Å². The van der Waals surface area contributed by atoms with Gasteiger partial charge < -0.3 is 9.88 Å². The maximum atomic E-state index is 12.5. The second kappa shape index (κ2) is 5.12. The molecule has 0 radical (unpaired) electrons. The van der Waals surface area contributed by atoms with Gasteiger partial charge in [-0.3, -0.25) is 4.79 Å². The first kappa shape index (κ1) is 13.3. The lowest BCUT2D eigenvalue weighted by atomic mass is 9.74. The molecule has 0 saturated carbocycles. The predicted molar refractivity (Wildman–Crippen MR) is 89.2 cm³/mol. The first-order valence-electron chi connectivity index (χ1n) is 7.82. The minimum Gasteiger partial charge on any atom is -0.338 e. The molecule has 4 heterocycles. The van der Waals surface area contributed by atoms with E-state index in [1.54, 1.807) is 6.20 Å². The topological polar surface area (TPSA) is 61.9 Å². The smallest absolute Gasteiger partial charge is 0.272 e. The van der Waals surface area contributed by atoms with Crippen molar-refractivity contribution in [1.29, 1.82) is 0 Å². The molecule has 1 fully saturated rings. The zero-order valence-electron chi connectivity index (χ0n) is 12.6. The molecular weight excluding hydrogens is 275 g/mol. The van der Waals surface area contributed by atoms with Crippen LogP contribution in [0.4, 0.5) is 0 Å². The highest BCUT2D eigenvalue weighted by atomic mass is 16.2. The highest BCUT2D eigenvalue weighted by Crippen LogP contribution is 2.24. The van der Waals surface area contributed by atoms with E-state index in [-0.39, 0.29) is 5.91 Å². The van der Waals surface area contributed by atoms with E-state index in [1.807, 2.05) is 17.2 Å². The molecule has 1 aliphatic rings. The first-order valence-corrected chi connectivity index (χ1v) is 7.82. The molecule has 0 atom stereocenters. The summed E-state index contributed by atoms with van der Waals surface area (Å²) in [7, 11) is 0.945. The van der Waals surface area contributed by atoms with Crippen LogP contribution in [0.2, 0.25) is 6.82 Å². The van der Waals surface area contributed by atoms with Crippen LogP contribution in [-0.4, -0.2) is 46.1 Å². The standard InChI is InChI=1S/C16H17BN4O/c1-17-10-6-12-11-7-13(16(22)21-4-2-3-5-21)18-9-14(11)20-15(12)19-8-10/h6-9,17H,2-5H2,1H3,(H,19,20). The lowest BCUT2D eigenvalue weighted by molar-refractivity contribution is 0.0787. The third kappa shape index (κ3) is 2.06. The van der Waals surface area contributed by atoms with Gasteiger partial charge in [0.25, 0.3) is 5.91 Å². The summed E-state index contributed by atoms with van der Waals surface area (Å²) in [5.74, 6) is 0.0355. The van der Waals surface area contributed by atoms with Crippen LogP contribution in [0, 0.1) is 0 Å². The van der Waals surface area contributed by atoms with Gasteiger partial charge in [0.2, 0.25) is 0 Å². The number of hydrogen-bond donors (Lipinski definition) is 1. The van der Waals surface area contributed by atoms with Crippen molar-refractivity contribution in [3.8, 4) is 0 Å². The van der Waals surface area contributed by atoms with Crippen LogP contribution in [0.5, 0.6) is 0 Å². The highest BCUT2D eigenvalue weighted by Gasteiger charge is 2.21. The molecule has 22 heavy (non-hydrogen) atoms. The summed E-state index contributed by atoms with van der Waals surface area (Å²) in [5.41, 5.74) is 3.49. The lowest BCUT2D eigenvalue weighted by Crippen LogP contribution is -2.28. The minimum atomic E-state index is 0.0355. The van der Waals surface area contributed by atoms with E-state index in [0.717, 1.165) is 55.1 Å². The van der Waals surface area contributed by atoms with Crippen LogP contribution >= 0.6 is 0 Å². The van der Waals surface area contributed by atoms with Gasteiger partial charge >= 0.3 is 0 Å². The van der Waals surface area contributed by atoms with Crippen molar-refractivity contribution in [2.24, 2.45) is 0 Å². The van der Waals surface area contributed by atoms with Crippen LogP contribution in [0.1, 0.15) is 23.3 Å². The Bertz CT molecular complexity index is 867. The summed E-state index contributed by atoms with van der Waals surface area (Å²) in [5, 5.41) is 2.09. The van der Waals surface area contributed by atoms with Gasteiger partial charge in [0, 0.05) is 30.1 Å². The highest BCUT2D eigenvalue weighted by molar-refractivity contribution is 6.52. The lowest BCUT2D eigenvalue weighted by Gasteiger charge is -2.14. The molecule has 6 heteroatoms. The van der Waals surface area contributed by atoms with E-state index in [2.05, 4.69) is 27.8 Å². The molecule has 1 amide bonds. The van der Waals surface area contributed by atoms with Crippen LogP contribution in [0.25, 0.3) is 21.9 Å². The molecule has 4 rings (SSSR count). The van der Waals surface area contributed by atoms with Crippen LogP contribution in [0.15, 0.2) is 24.5 Å². The van der Waals surface area contributed by atoms with Gasteiger partial charge in [-0.1, -0.05) is 18.4 Å². The molecule has 0 unspecified atom stereocenters. The van der Waals surface area contributed by atoms with Crippen molar-refractivity contribution in [2.75, 3.05) is 13.1 Å². The number of hydrogen-bond acceptors (Lipinski definition) is 3. The molecule has 0 bridgehead atoms. The van der Waals surface area contributed by atoms with Gasteiger partial charge in [-0.25, -0.2) is 9.97 Å². The fraction of sp³-hybridized carbons (Fsp3) is 0.312. The molecule has 3 aromatic rings. The Labute approximate surface area is 129 Å². The molecule has 3 aromatic heterocycles. The molecule has 1 N–H and O–H groups in total. The number of H-pyrrole nitrogens is 1. The summed E-state index contributed by atoms with van der Waals surface area (Å²) in [4.78, 5) is 26.5. The van der Waals surface area contributed by atoms with Crippen LogP contribution in [0.3, 0.4) is 0 Å². The summed E-state index contributed by atoms with van der Waals surface area (Å²) in [6, 6.07) is 4.04. The number of likely N-dealkylation sites (tertiary alicyclic amines) is 1. The van der Waals surface area contributed by atoms with Crippen LogP contribution < -0.4 is 5.46 Å². The molecule has 110 valence electrons. The summed E-state index contributed by atoms with van der Waals surface area (Å²) in [6.45, 7) is 3.80. The Hall–Kier alpha value is -2.37. The molecule has 1 saturated heterocycles. The number of amides is 1. The monoisotopic (exact) mass is 292 g/mol. The van der Waals surface area contributed by atoms with Crippen molar-refractivity contribution < 1.29 is 4.79 Å². The maximum absolute atomic E-state index is 12.5. The van der Waals surface area contributed by atoms with Crippen molar-refractivity contribution in [3.63, 3.8) is 0 Å².